The van der Waals surface area contributed by atoms with Crippen molar-refractivity contribution in [1.82, 2.24) is 5.32 Å². The summed E-state index contributed by atoms with van der Waals surface area (Å²) >= 11 is 0. The summed E-state index contributed by atoms with van der Waals surface area (Å²) in [6, 6.07) is 14.5. The third-order valence-corrected chi connectivity index (χ3v) is 3.81. The predicted molar refractivity (Wildman–Crippen MR) is 109 cm³/mol. The molecule has 1 atom stereocenters. The Morgan fingerprint density at radius 3 is 2.46 bits per heavy atom. The van der Waals surface area contributed by atoms with Crippen LogP contribution in [-0.2, 0) is 4.74 Å². The van der Waals surface area contributed by atoms with Crippen molar-refractivity contribution in [3.63, 3.8) is 0 Å². The van der Waals surface area contributed by atoms with E-state index < -0.39 is 17.8 Å². The van der Waals surface area contributed by atoms with Crippen molar-refractivity contribution in [2.45, 2.75) is 32.5 Å². The lowest BCUT2D eigenvalue weighted by Gasteiger charge is -2.23. The summed E-state index contributed by atoms with van der Waals surface area (Å²) in [7, 11) is 1.85. The van der Waals surface area contributed by atoms with Gasteiger partial charge >= 0.3 is 6.09 Å². The van der Waals surface area contributed by atoms with Gasteiger partial charge in [-0.15, -0.1) is 0 Å². The van der Waals surface area contributed by atoms with Crippen LogP contribution in [0.4, 0.5) is 10.5 Å². The first-order valence-corrected chi connectivity index (χ1v) is 9.01. The van der Waals surface area contributed by atoms with E-state index in [1.54, 1.807) is 28.8 Å². The second-order valence-electron chi connectivity index (χ2n) is 7.47. The third-order valence-electron chi connectivity index (χ3n) is 3.81. The van der Waals surface area contributed by atoms with Gasteiger partial charge in [-0.1, -0.05) is 12.1 Å². The molecule has 0 heterocycles. The Hall–Kier alpha value is -3.15. The van der Waals surface area contributed by atoms with E-state index in [1.165, 1.54) is 0 Å². The number of hydrogen-bond acceptors (Lipinski definition) is 4. The zero-order valence-electron chi connectivity index (χ0n) is 16.8. The summed E-state index contributed by atoms with van der Waals surface area (Å²) < 4.78 is 13.1. The van der Waals surface area contributed by atoms with E-state index >= 15 is 0 Å². The van der Waals surface area contributed by atoms with Crippen LogP contribution < -0.4 is 10.1 Å². The van der Waals surface area contributed by atoms with E-state index in [0.29, 0.717) is 11.3 Å². The van der Waals surface area contributed by atoms with E-state index in [-0.39, 0.29) is 6.54 Å². The summed E-state index contributed by atoms with van der Waals surface area (Å²) in [5.41, 5.74) is 1.78. The van der Waals surface area contributed by atoms with Crippen molar-refractivity contribution in [2.75, 3.05) is 13.6 Å². The zero-order chi connectivity index (χ0) is 20.7. The summed E-state index contributed by atoms with van der Waals surface area (Å²) in [6.07, 6.45) is -0.184. The van der Waals surface area contributed by atoms with Gasteiger partial charge in [0.2, 0.25) is 5.69 Å². The fourth-order valence-electron chi connectivity index (χ4n) is 2.47. The molecule has 0 saturated carbocycles. The molecule has 0 bridgehead atoms. The number of ether oxygens (including phenoxy) is 2. The van der Waals surface area contributed by atoms with Gasteiger partial charge in [-0.05, 0) is 45.0 Å². The highest BCUT2D eigenvalue weighted by Crippen LogP contribution is 2.25. The van der Waals surface area contributed by atoms with Gasteiger partial charge in [0.05, 0.1) is 6.54 Å². The van der Waals surface area contributed by atoms with E-state index in [4.69, 9.17) is 9.47 Å². The van der Waals surface area contributed by atoms with E-state index in [1.807, 2.05) is 52.1 Å². The number of carbonyl (C=O) groups is 2. The molecule has 0 spiro atoms. The van der Waals surface area contributed by atoms with Gasteiger partial charge in [-0.2, -0.15) is 0 Å². The van der Waals surface area contributed by atoms with Crippen LogP contribution in [0.15, 0.2) is 48.5 Å². The van der Waals surface area contributed by atoms with Crippen LogP contribution in [0.1, 0.15) is 42.8 Å². The van der Waals surface area contributed by atoms with Crippen LogP contribution in [0, 0.1) is 0 Å². The lowest BCUT2D eigenvalue weighted by molar-refractivity contribution is -0.394. The van der Waals surface area contributed by atoms with Crippen molar-refractivity contribution < 1.29 is 23.6 Å². The molecule has 0 aliphatic carbocycles. The molecule has 0 aliphatic rings. The Morgan fingerprint density at radius 2 is 1.89 bits per heavy atom. The Balaban J connectivity index is 2.21. The van der Waals surface area contributed by atoms with E-state index in [0.717, 1.165) is 17.5 Å². The third kappa shape index (κ3) is 6.54. The van der Waals surface area contributed by atoms with Gasteiger partial charge in [0.1, 0.15) is 37.5 Å². The molecule has 0 aliphatic heterocycles. The summed E-state index contributed by atoms with van der Waals surface area (Å²) in [5, 5.41) is 2.76. The number of nitrogens with zero attached hydrogens (tertiary/aromatic N) is 1. The molecule has 28 heavy (non-hydrogen) atoms. The predicted octanol–water partition coefficient (Wildman–Crippen LogP) is 4.12. The summed E-state index contributed by atoms with van der Waals surface area (Å²) in [4.78, 5) is 22.9. The lowest BCUT2D eigenvalue weighted by Crippen LogP contribution is -2.35. The van der Waals surface area contributed by atoms with Gasteiger partial charge in [0.15, 0.2) is 0 Å². The number of nitrogens with one attached hydrogen (secondary N) is 1. The quantitative estimate of drug-likeness (QED) is 0.444. The molecule has 0 radical (unpaired) electrons. The minimum atomic E-state index is -0.582. The highest BCUT2D eigenvalue weighted by atomic mass is 16.6. The molecule has 1 N–H and O–H groups in total. The second kappa shape index (κ2) is 9.17. The smallest absolute Gasteiger partial charge is 0.407 e. The second-order valence-corrected chi connectivity index (χ2v) is 7.47. The maximum atomic E-state index is 12.1. The van der Waals surface area contributed by atoms with Crippen LogP contribution in [0.2, 0.25) is 0 Å². The van der Waals surface area contributed by atoms with Crippen molar-refractivity contribution >= 4 is 24.8 Å². The van der Waals surface area contributed by atoms with Crippen LogP contribution in [-0.4, -0.2) is 42.9 Å². The monoisotopic (exact) mass is 383 g/mol. The Morgan fingerprint density at radius 1 is 1.21 bits per heavy atom. The maximum Gasteiger partial charge on any atom is 0.407 e. The molecule has 2 rings (SSSR count). The fraction of sp³-hybridized carbons (Fsp3) is 0.318. The standard InChI is InChI=1S/C22H26N2O4/c1-22(2,3)28-21(26)23-14-20(17-7-6-8-18(13-17)24(4)5)27-19-11-9-16(15-25)10-12-19/h6-13,15,20H,4,14H2,1-3,5H3/p+1. The van der Waals surface area contributed by atoms with Crippen molar-refractivity contribution in [3.8, 4) is 5.75 Å². The SMILES string of the molecule is C=[N+](C)c1cccc(C(CNC(=O)OC(C)(C)C)Oc2ccc(C=O)cc2)c1. The number of carbonyl (C=O) groups excluding carboxylic acids is 2. The van der Waals surface area contributed by atoms with Crippen LogP contribution in [0.3, 0.4) is 0 Å². The van der Waals surface area contributed by atoms with Crippen LogP contribution >= 0.6 is 0 Å². The first-order valence-electron chi connectivity index (χ1n) is 9.01. The number of rotatable bonds is 7. The van der Waals surface area contributed by atoms with E-state index in [9.17, 15) is 9.59 Å². The average molecular weight is 383 g/mol. The average Bonchev–Trinajstić information content (AvgIpc) is 2.64. The number of amides is 1. The fourth-order valence-corrected chi connectivity index (χ4v) is 2.47. The van der Waals surface area contributed by atoms with Crippen LogP contribution in [0.5, 0.6) is 5.75 Å². The van der Waals surface area contributed by atoms with Crippen molar-refractivity contribution in [3.05, 3.63) is 59.7 Å². The van der Waals surface area contributed by atoms with Gasteiger partial charge in [-0.3, -0.25) is 4.79 Å². The molecular formula is C22H27N2O4+. The minimum absolute atomic E-state index is 0.217. The maximum absolute atomic E-state index is 12.1. The minimum Gasteiger partial charge on any atom is -0.484 e. The topological polar surface area (TPSA) is 67.6 Å². The molecule has 2 aromatic rings. The first kappa shape index (κ1) is 21.2. The largest absolute Gasteiger partial charge is 0.484 e. The Kier molecular flexibility index (Phi) is 6.93. The Bertz CT molecular complexity index is 838. The highest BCUT2D eigenvalue weighted by molar-refractivity contribution is 5.74. The van der Waals surface area contributed by atoms with Crippen molar-refractivity contribution in [1.29, 1.82) is 0 Å². The van der Waals surface area contributed by atoms with Gasteiger partial charge < -0.3 is 14.8 Å². The molecule has 2 aromatic carbocycles. The molecule has 6 heteroatoms. The number of benzene rings is 2. The molecule has 0 aromatic heterocycles. The first-order chi connectivity index (χ1) is 13.2. The number of alkyl carbamates (subject to hydrolysis) is 1. The Labute approximate surface area is 165 Å². The number of hydrogen-bond donors (Lipinski definition) is 1. The summed E-state index contributed by atoms with van der Waals surface area (Å²) in [6.45, 7) is 9.54. The molecule has 6 nitrogen and oxygen atoms in total. The summed E-state index contributed by atoms with van der Waals surface area (Å²) in [5.74, 6) is 0.593. The van der Waals surface area contributed by atoms with Gasteiger partial charge in [0, 0.05) is 23.3 Å². The molecule has 1 amide bonds. The normalized spacial score (nSPS) is 12.0. The molecule has 0 fully saturated rings. The van der Waals surface area contributed by atoms with E-state index in [2.05, 4.69) is 12.0 Å². The van der Waals surface area contributed by atoms with Gasteiger partial charge in [-0.25, -0.2) is 9.37 Å². The number of aldehydes is 1. The lowest BCUT2D eigenvalue weighted by atomic mass is 10.1. The molecule has 1 unspecified atom stereocenters. The van der Waals surface area contributed by atoms with Crippen molar-refractivity contribution in [2.24, 2.45) is 0 Å². The molecule has 148 valence electrons. The highest BCUT2D eigenvalue weighted by Gasteiger charge is 2.20. The van der Waals surface area contributed by atoms with Gasteiger partial charge in [0.25, 0.3) is 0 Å². The molecule has 0 saturated heterocycles. The van der Waals surface area contributed by atoms with Crippen LogP contribution in [0.25, 0.3) is 0 Å². The molecular weight excluding hydrogens is 356 g/mol. The zero-order valence-corrected chi connectivity index (χ0v) is 16.8.